The predicted molar refractivity (Wildman–Crippen MR) is 68.2 cm³/mol. The molecule has 0 heterocycles. The van der Waals surface area contributed by atoms with Gasteiger partial charge in [0, 0.05) is 6.04 Å². The number of rotatable bonds is 3. The molecule has 1 aliphatic rings. The van der Waals surface area contributed by atoms with Gasteiger partial charge in [0.1, 0.15) is 0 Å². The highest BCUT2D eigenvalue weighted by molar-refractivity contribution is 7.90. The molecule has 0 aromatic heterocycles. The highest BCUT2D eigenvalue weighted by Crippen LogP contribution is 2.29. The molecule has 0 spiro atoms. The lowest BCUT2D eigenvalue weighted by atomic mass is 9.96. The third kappa shape index (κ3) is 2.81. The summed E-state index contributed by atoms with van der Waals surface area (Å²) in [5, 5.41) is 0. The Bertz CT molecular complexity index is 455. The van der Waals surface area contributed by atoms with E-state index in [9.17, 15) is 8.42 Å². The molecule has 0 bridgehead atoms. The molecule has 0 amide bonds. The van der Waals surface area contributed by atoms with Crippen LogP contribution in [0.15, 0.2) is 35.2 Å². The summed E-state index contributed by atoms with van der Waals surface area (Å²) in [6.45, 7) is 0. The molecule has 17 heavy (non-hydrogen) atoms. The maximum atomic E-state index is 12.2. The van der Waals surface area contributed by atoms with Crippen molar-refractivity contribution in [3.8, 4) is 0 Å². The van der Waals surface area contributed by atoms with Gasteiger partial charge in [-0.1, -0.05) is 37.5 Å². The first-order chi connectivity index (χ1) is 8.12. The van der Waals surface area contributed by atoms with E-state index in [0.29, 0.717) is 0 Å². The monoisotopic (exact) mass is 273 g/mol. The van der Waals surface area contributed by atoms with Gasteiger partial charge in [-0.15, -0.1) is 3.82 Å². The Kier molecular flexibility index (Phi) is 4.07. The second-order valence-electron chi connectivity index (χ2n) is 4.35. The van der Waals surface area contributed by atoms with Crippen LogP contribution in [0.5, 0.6) is 0 Å². The van der Waals surface area contributed by atoms with Gasteiger partial charge in [0.15, 0.2) is 0 Å². The normalized spacial score (nSPS) is 18.5. The maximum Gasteiger partial charge on any atom is 0.256 e. The van der Waals surface area contributed by atoms with Crippen molar-refractivity contribution in [1.82, 2.24) is 3.82 Å². The van der Waals surface area contributed by atoms with E-state index in [-0.39, 0.29) is 10.9 Å². The fraction of sp³-hybridized carbons (Fsp3) is 0.500. The van der Waals surface area contributed by atoms with Crippen LogP contribution in [0.3, 0.4) is 0 Å². The van der Waals surface area contributed by atoms with E-state index in [0.717, 1.165) is 29.5 Å². The quantitative estimate of drug-likeness (QED) is 0.794. The lowest BCUT2D eigenvalue weighted by Gasteiger charge is -2.27. The molecule has 0 aliphatic heterocycles. The van der Waals surface area contributed by atoms with Crippen molar-refractivity contribution in [3.63, 3.8) is 0 Å². The van der Waals surface area contributed by atoms with Crippen molar-refractivity contribution >= 4 is 21.8 Å². The zero-order chi connectivity index (χ0) is 12.3. The van der Waals surface area contributed by atoms with Crippen LogP contribution >= 0.6 is 11.8 Å². The van der Waals surface area contributed by atoms with E-state index in [4.69, 9.17) is 11.8 Å². The molecule has 1 fully saturated rings. The van der Waals surface area contributed by atoms with E-state index in [1.165, 1.54) is 6.42 Å². The first-order valence-corrected chi connectivity index (χ1v) is 7.65. The number of hydrogen-bond acceptors (Lipinski definition) is 2. The predicted octanol–water partition coefficient (Wildman–Crippen LogP) is 3.16. The van der Waals surface area contributed by atoms with E-state index in [1.54, 1.807) is 30.3 Å². The van der Waals surface area contributed by atoms with Gasteiger partial charge in [0.25, 0.3) is 10.0 Å². The third-order valence-corrected chi connectivity index (χ3v) is 5.58. The Labute approximate surface area is 108 Å². The smallest absolute Gasteiger partial charge is 0.206 e. The zero-order valence-corrected chi connectivity index (χ0v) is 11.1. The van der Waals surface area contributed by atoms with Crippen LogP contribution in [-0.4, -0.2) is 18.3 Å². The topological polar surface area (TPSA) is 37.4 Å². The molecular weight excluding hydrogens is 258 g/mol. The first-order valence-electron chi connectivity index (χ1n) is 5.87. The second-order valence-corrected chi connectivity index (χ2v) is 6.73. The van der Waals surface area contributed by atoms with Crippen molar-refractivity contribution < 1.29 is 8.42 Å². The van der Waals surface area contributed by atoms with Gasteiger partial charge in [-0.05, 0) is 36.8 Å². The average molecular weight is 274 g/mol. The Balaban J connectivity index is 2.20. The molecule has 0 unspecified atom stereocenters. The van der Waals surface area contributed by atoms with Crippen molar-refractivity contribution in [2.45, 2.75) is 43.0 Å². The summed E-state index contributed by atoms with van der Waals surface area (Å²) in [6, 6.07) is 8.30. The van der Waals surface area contributed by atoms with Gasteiger partial charge in [0.05, 0.1) is 4.90 Å². The molecule has 3 nitrogen and oxygen atoms in total. The molecule has 1 saturated carbocycles. The Morgan fingerprint density at radius 1 is 1.06 bits per heavy atom. The summed E-state index contributed by atoms with van der Waals surface area (Å²) >= 11 is 6.03. The van der Waals surface area contributed by atoms with E-state index < -0.39 is 10.0 Å². The highest BCUT2D eigenvalue weighted by atomic mass is 35.5. The summed E-state index contributed by atoms with van der Waals surface area (Å²) in [4.78, 5) is 0.264. The number of benzene rings is 1. The SMILES string of the molecule is O=S(=O)(c1ccccc1)N(Cl)C1CCCCC1. The van der Waals surface area contributed by atoms with Gasteiger partial charge in [-0.2, -0.15) is 0 Å². The number of halogens is 1. The van der Waals surface area contributed by atoms with E-state index in [1.807, 2.05) is 0 Å². The van der Waals surface area contributed by atoms with Crippen molar-refractivity contribution in [3.05, 3.63) is 30.3 Å². The highest BCUT2D eigenvalue weighted by Gasteiger charge is 2.30. The van der Waals surface area contributed by atoms with Crippen LogP contribution in [0.1, 0.15) is 32.1 Å². The van der Waals surface area contributed by atoms with Crippen molar-refractivity contribution in [1.29, 1.82) is 0 Å². The minimum atomic E-state index is -3.54. The molecule has 1 aromatic carbocycles. The number of hydrogen-bond donors (Lipinski definition) is 0. The molecule has 5 heteroatoms. The lowest BCUT2D eigenvalue weighted by Crippen LogP contribution is -2.34. The lowest BCUT2D eigenvalue weighted by molar-refractivity contribution is 0.339. The minimum Gasteiger partial charge on any atom is -0.206 e. The standard InChI is InChI=1S/C12H16ClNO2S/c13-14(11-7-3-1-4-8-11)17(15,16)12-9-5-2-6-10-12/h2,5-6,9-11H,1,3-4,7-8H2. The molecule has 0 radical (unpaired) electrons. The Morgan fingerprint density at radius 3 is 2.24 bits per heavy atom. The fourth-order valence-electron chi connectivity index (χ4n) is 2.17. The van der Waals surface area contributed by atoms with Crippen LogP contribution in [-0.2, 0) is 10.0 Å². The maximum absolute atomic E-state index is 12.2. The number of nitrogens with zero attached hydrogens (tertiary/aromatic N) is 1. The van der Waals surface area contributed by atoms with Crippen molar-refractivity contribution in [2.24, 2.45) is 0 Å². The third-order valence-electron chi connectivity index (χ3n) is 3.13. The van der Waals surface area contributed by atoms with Gasteiger partial charge in [-0.25, -0.2) is 8.42 Å². The zero-order valence-electron chi connectivity index (χ0n) is 9.55. The number of sulfonamides is 1. The van der Waals surface area contributed by atoms with Crippen LogP contribution in [0.2, 0.25) is 0 Å². The summed E-state index contributed by atoms with van der Waals surface area (Å²) in [7, 11) is -3.54. The molecule has 0 saturated heterocycles. The van der Waals surface area contributed by atoms with Crippen LogP contribution < -0.4 is 0 Å². The average Bonchev–Trinajstić information content (AvgIpc) is 2.40. The van der Waals surface area contributed by atoms with Gasteiger partial charge >= 0.3 is 0 Å². The van der Waals surface area contributed by atoms with E-state index >= 15 is 0 Å². The van der Waals surface area contributed by atoms with Crippen molar-refractivity contribution in [2.75, 3.05) is 0 Å². The molecule has 94 valence electrons. The molecule has 2 rings (SSSR count). The fourth-order valence-corrected chi connectivity index (χ4v) is 3.91. The summed E-state index contributed by atoms with van der Waals surface area (Å²) in [5.41, 5.74) is 0. The second kappa shape index (κ2) is 5.38. The molecule has 0 N–H and O–H groups in total. The molecular formula is C12H16ClNO2S. The van der Waals surface area contributed by atoms with Crippen LogP contribution in [0.4, 0.5) is 0 Å². The Hall–Kier alpha value is -0.580. The molecule has 1 aromatic rings. The van der Waals surface area contributed by atoms with Crippen LogP contribution in [0, 0.1) is 0 Å². The van der Waals surface area contributed by atoms with E-state index in [2.05, 4.69) is 0 Å². The van der Waals surface area contributed by atoms with Crippen LogP contribution in [0.25, 0.3) is 0 Å². The molecule has 0 atom stereocenters. The van der Waals surface area contributed by atoms with Gasteiger partial charge < -0.3 is 0 Å². The largest absolute Gasteiger partial charge is 0.256 e. The summed E-state index contributed by atoms with van der Waals surface area (Å²) in [5.74, 6) is 0. The Morgan fingerprint density at radius 2 is 1.65 bits per heavy atom. The van der Waals surface area contributed by atoms with Gasteiger partial charge in [-0.3, -0.25) is 0 Å². The molecule has 1 aliphatic carbocycles. The first kappa shape index (κ1) is 12.9. The minimum absolute atomic E-state index is 0.0596. The summed E-state index contributed by atoms with van der Waals surface area (Å²) in [6.07, 6.45) is 4.99. The summed E-state index contributed by atoms with van der Waals surface area (Å²) < 4.78 is 25.5. The van der Waals surface area contributed by atoms with Gasteiger partial charge in [0.2, 0.25) is 0 Å².